The van der Waals surface area contributed by atoms with Gasteiger partial charge in [0.05, 0.1) is 0 Å². The summed E-state index contributed by atoms with van der Waals surface area (Å²) in [4.78, 5) is 11.3. The number of hydrogen-bond donors (Lipinski definition) is 1. The summed E-state index contributed by atoms with van der Waals surface area (Å²) in [6.07, 6.45) is 1.45. The van der Waals surface area contributed by atoms with Gasteiger partial charge in [0, 0.05) is 22.5 Å². The normalized spacial score (nSPS) is 12.2. The minimum absolute atomic E-state index is 0. The van der Waals surface area contributed by atoms with Crippen LogP contribution in [-0.4, -0.2) is 72.1 Å². The van der Waals surface area contributed by atoms with Gasteiger partial charge in [0.2, 0.25) is 5.91 Å². The van der Waals surface area contributed by atoms with Gasteiger partial charge >= 0.3 is 37.7 Å². The molecule has 23 heavy (non-hydrogen) atoms. The van der Waals surface area contributed by atoms with Gasteiger partial charge in [-0.25, -0.2) is 0 Å². The number of benzene rings is 2. The van der Waals surface area contributed by atoms with Crippen LogP contribution in [-0.2, 0) is 21.6 Å². The average molecular weight is 369 g/mol. The molecule has 1 aliphatic heterocycles. The summed E-state index contributed by atoms with van der Waals surface area (Å²) in [5.41, 5.74) is 2.25. The van der Waals surface area contributed by atoms with E-state index in [1.54, 1.807) is 0 Å². The van der Waals surface area contributed by atoms with Gasteiger partial charge in [-0.3, -0.25) is 13.2 Å². The third-order valence-corrected chi connectivity index (χ3v) is 2.92. The molecule has 122 valence electrons. The van der Waals surface area contributed by atoms with Crippen molar-refractivity contribution in [3.05, 3.63) is 42.0 Å². The van der Waals surface area contributed by atoms with Crippen molar-refractivity contribution < 1.29 is 33.3 Å². The molecule has 0 fully saturated rings. The minimum Gasteiger partial charge on any atom is -0.759 e. The number of fused-ring (bicyclic) bond motifs is 3. The van der Waals surface area contributed by atoms with E-state index in [-0.39, 0.29) is 54.6 Å². The van der Waals surface area contributed by atoms with E-state index in [0.717, 1.165) is 12.1 Å². The van der Waals surface area contributed by atoms with Gasteiger partial charge in [0.15, 0.2) is 0 Å². The predicted molar refractivity (Wildman–Crippen MR) is 84.4 cm³/mol. The number of aryl methyl sites for hydroxylation is 1. The maximum absolute atomic E-state index is 11.3. The molecule has 0 aliphatic carbocycles. The Morgan fingerprint density at radius 2 is 1.52 bits per heavy atom. The van der Waals surface area contributed by atoms with Crippen LogP contribution in [0.5, 0.6) is 0 Å². The van der Waals surface area contributed by atoms with Crippen molar-refractivity contribution in [1.29, 1.82) is 0 Å². The second-order valence-corrected chi connectivity index (χ2v) is 5.09. The van der Waals surface area contributed by atoms with Crippen molar-refractivity contribution in [1.82, 2.24) is 0 Å². The Morgan fingerprint density at radius 3 is 2.13 bits per heavy atom. The topological polar surface area (TPSA) is 172 Å². The Balaban J connectivity index is 0. The van der Waals surface area contributed by atoms with E-state index in [1.807, 2.05) is 18.2 Å². The maximum atomic E-state index is 11.3. The number of carbonyl (C=O) groups is 1. The maximum Gasteiger partial charge on any atom is 2.00 e. The van der Waals surface area contributed by atoms with E-state index in [2.05, 4.69) is 23.5 Å². The fraction of sp³-hybridized carbons (Fsp3) is 0.154. The van der Waals surface area contributed by atoms with Crippen LogP contribution in [0.4, 0.5) is 5.69 Å². The SMILES string of the molecule is O.O.O=C1CCc2c(ccc3ccccc23)N1.O=S(=O)([O-])[O-].[Ca+2]. The first kappa shape index (κ1) is 24.5. The molecule has 3 rings (SSSR count). The second kappa shape index (κ2) is 10.2. The van der Waals surface area contributed by atoms with Gasteiger partial charge in [-0.2, -0.15) is 0 Å². The number of anilines is 1. The Hall–Kier alpha value is -0.780. The molecule has 1 aliphatic rings. The number of nitrogens with one attached hydrogen (secondary N) is 1. The summed E-state index contributed by atoms with van der Waals surface area (Å²) in [6, 6.07) is 12.3. The van der Waals surface area contributed by atoms with Crippen molar-refractivity contribution in [2.45, 2.75) is 12.8 Å². The molecule has 8 nitrogen and oxygen atoms in total. The summed E-state index contributed by atoms with van der Waals surface area (Å²) in [5.74, 6) is 0.123. The molecule has 0 atom stereocenters. The Bertz CT molecular complexity index is 756. The summed E-state index contributed by atoms with van der Waals surface area (Å²) in [7, 11) is -5.17. The Kier molecular flexibility index (Phi) is 10.8. The van der Waals surface area contributed by atoms with E-state index in [1.165, 1.54) is 16.3 Å². The predicted octanol–water partition coefficient (Wildman–Crippen LogP) is -0.644. The molecule has 0 unspecified atom stereocenters. The molecule has 2 aromatic rings. The first-order chi connectivity index (χ1) is 9.34. The second-order valence-electron chi connectivity index (χ2n) is 4.27. The number of amides is 1. The van der Waals surface area contributed by atoms with E-state index < -0.39 is 10.4 Å². The van der Waals surface area contributed by atoms with Crippen LogP contribution >= 0.6 is 0 Å². The molecule has 0 saturated heterocycles. The molecule has 0 radical (unpaired) electrons. The van der Waals surface area contributed by atoms with Crippen LogP contribution in [0.1, 0.15) is 12.0 Å². The molecule has 0 aromatic heterocycles. The standard InChI is InChI=1S/C13H11NO.Ca.H2O4S.2H2O/c15-13-8-6-11-10-4-2-1-3-9(10)5-7-12(11)14-13;;1-5(2,3)4;;/h1-5,7H,6,8H2,(H,14,15);;(H2,1,2,3,4);2*1H2/q;+2;;;/p-2. The summed E-state index contributed by atoms with van der Waals surface area (Å²) >= 11 is 0. The van der Waals surface area contributed by atoms with Gasteiger partial charge in [0.25, 0.3) is 0 Å². The van der Waals surface area contributed by atoms with Gasteiger partial charge in [0.1, 0.15) is 0 Å². The molecule has 1 amide bonds. The van der Waals surface area contributed by atoms with E-state index in [0.29, 0.717) is 6.42 Å². The molecule has 0 bridgehead atoms. The molecule has 5 N–H and O–H groups in total. The first-order valence-electron chi connectivity index (χ1n) is 5.82. The molecule has 0 spiro atoms. The number of hydrogen-bond acceptors (Lipinski definition) is 5. The average Bonchev–Trinajstić information content (AvgIpc) is 2.36. The Labute approximate surface area is 163 Å². The van der Waals surface area contributed by atoms with Crippen LogP contribution in [0, 0.1) is 0 Å². The van der Waals surface area contributed by atoms with Gasteiger partial charge in [-0.15, -0.1) is 0 Å². The number of rotatable bonds is 0. The van der Waals surface area contributed by atoms with E-state index in [4.69, 9.17) is 17.5 Å². The zero-order valence-corrected chi connectivity index (χ0v) is 15.1. The van der Waals surface area contributed by atoms with Crippen molar-refractivity contribution in [2.75, 3.05) is 5.32 Å². The smallest absolute Gasteiger partial charge is 0.759 e. The van der Waals surface area contributed by atoms with Gasteiger partial charge in [-0.1, -0.05) is 30.3 Å². The van der Waals surface area contributed by atoms with Crippen molar-refractivity contribution >= 4 is 70.5 Å². The molecule has 0 saturated carbocycles. The molecular weight excluding hydrogens is 354 g/mol. The Morgan fingerprint density at radius 1 is 0.957 bits per heavy atom. The summed E-state index contributed by atoms with van der Waals surface area (Å²) in [5, 5.41) is 5.42. The molecule has 2 aromatic carbocycles. The third kappa shape index (κ3) is 7.55. The van der Waals surface area contributed by atoms with Crippen molar-refractivity contribution in [3.63, 3.8) is 0 Å². The molecule has 1 heterocycles. The third-order valence-electron chi connectivity index (χ3n) is 2.92. The largest absolute Gasteiger partial charge is 2.00 e. The van der Waals surface area contributed by atoms with Gasteiger partial charge < -0.3 is 25.4 Å². The zero-order valence-electron chi connectivity index (χ0n) is 12.0. The summed E-state index contributed by atoms with van der Waals surface area (Å²) in [6.45, 7) is 0. The molecular formula is C13H15CaNO7S. The fourth-order valence-corrected chi connectivity index (χ4v) is 2.17. The minimum atomic E-state index is -5.17. The van der Waals surface area contributed by atoms with Crippen molar-refractivity contribution in [3.8, 4) is 0 Å². The van der Waals surface area contributed by atoms with Crippen LogP contribution in [0.3, 0.4) is 0 Å². The van der Waals surface area contributed by atoms with Crippen LogP contribution in [0.25, 0.3) is 10.8 Å². The summed E-state index contributed by atoms with van der Waals surface area (Å²) < 4.78 is 34.1. The fourth-order valence-electron chi connectivity index (χ4n) is 2.17. The quantitative estimate of drug-likeness (QED) is 0.368. The molecule has 10 heteroatoms. The van der Waals surface area contributed by atoms with Crippen LogP contribution in [0.2, 0.25) is 0 Å². The van der Waals surface area contributed by atoms with Gasteiger partial charge in [-0.05, 0) is 28.8 Å². The van der Waals surface area contributed by atoms with Crippen LogP contribution in [0.15, 0.2) is 36.4 Å². The monoisotopic (exact) mass is 369 g/mol. The van der Waals surface area contributed by atoms with E-state index in [9.17, 15) is 4.79 Å². The van der Waals surface area contributed by atoms with E-state index >= 15 is 0 Å². The first-order valence-corrected chi connectivity index (χ1v) is 7.15. The van der Waals surface area contributed by atoms with Crippen molar-refractivity contribution in [2.24, 2.45) is 0 Å². The zero-order chi connectivity index (χ0) is 14.8. The van der Waals surface area contributed by atoms with Crippen LogP contribution < -0.4 is 5.32 Å². The number of carbonyl (C=O) groups excluding carboxylic acids is 1.